The minimum Gasteiger partial charge on any atom is -0.497 e. The summed E-state index contributed by atoms with van der Waals surface area (Å²) in [7, 11) is 6.43. The van der Waals surface area contributed by atoms with Gasteiger partial charge >= 0.3 is 6.09 Å². The van der Waals surface area contributed by atoms with Crippen LogP contribution < -0.4 is 29.0 Å². The van der Waals surface area contributed by atoms with Crippen LogP contribution in [0, 0.1) is 17.8 Å². The summed E-state index contributed by atoms with van der Waals surface area (Å²) in [6, 6.07) is 17.2. The predicted octanol–water partition coefficient (Wildman–Crippen LogP) is 8.46. The Kier molecular flexibility index (Phi) is 16.0. The first kappa shape index (κ1) is 47.9. The molecule has 1 saturated carbocycles. The van der Waals surface area contributed by atoms with Gasteiger partial charge in [-0.2, -0.15) is 0 Å². The molecule has 0 bridgehead atoms. The maximum Gasteiger partial charge on any atom is 0.417 e. The van der Waals surface area contributed by atoms with Gasteiger partial charge in [-0.3, -0.25) is 10.1 Å². The van der Waals surface area contributed by atoms with Crippen LogP contribution in [0.15, 0.2) is 90.1 Å². The van der Waals surface area contributed by atoms with Crippen LogP contribution in [0.25, 0.3) is 0 Å². The Labute approximate surface area is 377 Å². The summed E-state index contributed by atoms with van der Waals surface area (Å²) < 4.78 is 36.6. The van der Waals surface area contributed by atoms with Gasteiger partial charge in [0.25, 0.3) is 0 Å². The molecule has 0 aromatic heterocycles. The molecule has 2 amide bonds. The van der Waals surface area contributed by atoms with Gasteiger partial charge in [0.2, 0.25) is 11.7 Å². The molecule has 1 fully saturated rings. The van der Waals surface area contributed by atoms with Crippen LogP contribution in [0.3, 0.4) is 0 Å². The fourth-order valence-electron chi connectivity index (χ4n) is 9.38. The van der Waals surface area contributed by atoms with Gasteiger partial charge in [-0.1, -0.05) is 42.3 Å². The van der Waals surface area contributed by atoms with Gasteiger partial charge in [-0.15, -0.1) is 6.58 Å². The van der Waals surface area contributed by atoms with E-state index in [2.05, 4.69) is 18.0 Å². The minimum atomic E-state index is -1.44. The van der Waals surface area contributed by atoms with E-state index in [0.717, 1.165) is 42.4 Å². The van der Waals surface area contributed by atoms with Crippen molar-refractivity contribution in [3.05, 3.63) is 96.1 Å². The lowest BCUT2D eigenvalue weighted by molar-refractivity contribution is -0.255. The average Bonchev–Trinajstić information content (AvgIpc) is 3.28. The molecule has 0 saturated heterocycles. The fourth-order valence-corrected chi connectivity index (χ4v) is 9.38. The number of methoxy groups -OCH3 is 3. The van der Waals surface area contributed by atoms with Crippen molar-refractivity contribution in [1.29, 1.82) is 0 Å². The number of unbranched alkanes of at least 4 members (excludes halogenated alkanes) is 2. The van der Waals surface area contributed by atoms with Crippen molar-refractivity contribution in [1.82, 2.24) is 4.90 Å². The highest BCUT2D eigenvalue weighted by Gasteiger charge is 2.65. The normalized spacial score (nSPS) is 22.8. The van der Waals surface area contributed by atoms with Gasteiger partial charge in [0, 0.05) is 44.2 Å². The third-order valence-corrected chi connectivity index (χ3v) is 12.3. The topological polar surface area (TPSA) is 167 Å². The Hall–Kier alpha value is -5.57. The van der Waals surface area contributed by atoms with Crippen molar-refractivity contribution in [3.63, 3.8) is 0 Å². The first-order valence-corrected chi connectivity index (χ1v) is 22.2. The van der Waals surface area contributed by atoms with Crippen molar-refractivity contribution in [2.75, 3.05) is 53.5 Å². The number of ether oxygens (including phenoxy) is 6. The molecule has 1 heterocycles. The molecule has 14 nitrogen and oxygen atoms in total. The second-order valence-corrected chi connectivity index (χ2v) is 17.6. The number of hydrogen-bond donors (Lipinski definition) is 3. The van der Waals surface area contributed by atoms with Crippen LogP contribution in [0.4, 0.5) is 10.5 Å². The standard InChI is InChI=1S/C50H65N3O11/c1-9-25-61-50-44(53(5)45(56)27-32-15-14-17-34(26-32)58-6)31-41(52-64-49(2,3)4)38-28-33(16-10-12-23-54)37(18-11-13-24-55)46(47(38)50)39-29-36(20-22-42(39)63-50)62-48(57)51-40-21-19-35(59-7)30-43(40)60-8/h9,14-15,17,19-22,26,28-30,33,37,44,46-47,54-55H,1,10-13,16,18,23-25,27,31H2,2-8H3,(H,51,57)/t33-,37+,44-,46+,47+,50+/m0/s1. The Balaban J connectivity index is 1.51. The highest BCUT2D eigenvalue weighted by atomic mass is 16.7. The van der Waals surface area contributed by atoms with Crippen LogP contribution >= 0.6 is 0 Å². The molecule has 0 radical (unpaired) electrons. The first-order valence-electron chi connectivity index (χ1n) is 22.2. The number of carbonyl (C=O) groups excluding carboxylic acids is 2. The predicted molar refractivity (Wildman–Crippen MR) is 244 cm³/mol. The number of oxime groups is 1. The van der Waals surface area contributed by atoms with Crippen molar-refractivity contribution in [2.45, 2.75) is 95.5 Å². The summed E-state index contributed by atoms with van der Waals surface area (Å²) in [6.45, 7) is 10.1. The van der Waals surface area contributed by atoms with E-state index in [0.29, 0.717) is 47.2 Å². The molecule has 0 unspecified atom stereocenters. The number of nitrogens with zero attached hydrogens (tertiary/aromatic N) is 2. The van der Waals surface area contributed by atoms with Crippen LogP contribution in [0.1, 0.15) is 82.8 Å². The van der Waals surface area contributed by atoms with Crippen LogP contribution in [0.2, 0.25) is 0 Å². The molecule has 3 aromatic carbocycles. The number of aliphatic hydroxyl groups is 2. The summed E-state index contributed by atoms with van der Waals surface area (Å²) in [5.74, 6) is -0.0134. The number of anilines is 1. The summed E-state index contributed by atoms with van der Waals surface area (Å²) in [4.78, 5) is 36.0. The molecule has 6 atom stereocenters. The number of carbonyl (C=O) groups is 2. The largest absolute Gasteiger partial charge is 0.497 e. The molecule has 3 aliphatic rings. The molecular formula is C50H65N3O11. The molecule has 0 spiro atoms. The second-order valence-electron chi connectivity index (χ2n) is 17.6. The Morgan fingerprint density at radius 2 is 1.66 bits per heavy atom. The van der Waals surface area contributed by atoms with Gasteiger partial charge in [0.05, 0.1) is 51.7 Å². The third-order valence-electron chi connectivity index (χ3n) is 12.3. The van der Waals surface area contributed by atoms with Gasteiger partial charge < -0.3 is 48.4 Å². The van der Waals surface area contributed by atoms with E-state index >= 15 is 0 Å². The number of allylic oxidation sites excluding steroid dienone is 1. The van der Waals surface area contributed by atoms with Crippen molar-refractivity contribution in [2.24, 2.45) is 22.9 Å². The van der Waals surface area contributed by atoms with E-state index in [9.17, 15) is 19.8 Å². The molecule has 3 N–H and O–H groups in total. The quantitative estimate of drug-likeness (QED) is 0.0566. The van der Waals surface area contributed by atoms with Gasteiger partial charge in [-0.05, 0) is 112 Å². The number of benzene rings is 3. The molecule has 3 aromatic rings. The van der Waals surface area contributed by atoms with E-state index in [1.165, 1.54) is 7.11 Å². The van der Waals surface area contributed by atoms with E-state index in [1.54, 1.807) is 62.6 Å². The highest BCUT2D eigenvalue weighted by Crippen LogP contribution is 2.62. The molecule has 14 heteroatoms. The highest BCUT2D eigenvalue weighted by molar-refractivity contribution is 6.03. The van der Waals surface area contributed by atoms with Gasteiger partial charge in [-0.25, -0.2) is 4.79 Å². The molecule has 2 aliphatic carbocycles. The summed E-state index contributed by atoms with van der Waals surface area (Å²) in [6.07, 6.45) is 7.92. The molecule has 1 aliphatic heterocycles. The Bertz CT molecular complexity index is 2170. The number of fused-ring (bicyclic) bond motifs is 2. The molecule has 64 heavy (non-hydrogen) atoms. The molecular weight excluding hydrogens is 819 g/mol. The number of hydrogen-bond acceptors (Lipinski definition) is 12. The lowest BCUT2D eigenvalue weighted by atomic mass is 9.55. The first-order chi connectivity index (χ1) is 30.8. The van der Waals surface area contributed by atoms with Crippen molar-refractivity contribution < 1.29 is 53.1 Å². The number of aliphatic hydroxyl groups excluding tert-OH is 2. The van der Waals surface area contributed by atoms with Crippen LogP contribution in [-0.4, -0.2) is 98.5 Å². The van der Waals surface area contributed by atoms with Crippen molar-refractivity contribution >= 4 is 23.4 Å². The molecule has 346 valence electrons. The van der Waals surface area contributed by atoms with Crippen LogP contribution in [-0.2, 0) is 20.8 Å². The Morgan fingerprint density at radius 3 is 2.34 bits per heavy atom. The third kappa shape index (κ3) is 10.8. The maximum absolute atomic E-state index is 14.6. The van der Waals surface area contributed by atoms with Crippen molar-refractivity contribution in [3.8, 4) is 28.7 Å². The summed E-state index contributed by atoms with van der Waals surface area (Å²) in [5, 5.41) is 27.5. The monoisotopic (exact) mass is 883 g/mol. The average molecular weight is 884 g/mol. The smallest absolute Gasteiger partial charge is 0.417 e. The Morgan fingerprint density at radius 1 is 0.938 bits per heavy atom. The summed E-state index contributed by atoms with van der Waals surface area (Å²) >= 11 is 0. The zero-order chi connectivity index (χ0) is 46.0. The van der Waals surface area contributed by atoms with E-state index in [4.69, 9.17) is 38.4 Å². The number of likely N-dealkylation sites (N-methyl/N-ethyl adjacent to an activating group) is 1. The number of rotatable bonds is 20. The number of nitrogens with one attached hydrogen (secondary N) is 1. The maximum atomic E-state index is 14.6. The van der Waals surface area contributed by atoms with E-state index in [-0.39, 0.29) is 62.1 Å². The fraction of sp³-hybridized carbons (Fsp3) is 0.500. The van der Waals surface area contributed by atoms with Crippen LogP contribution in [0.5, 0.6) is 28.7 Å². The SMILES string of the molecule is C=CCO[C@@]12Oc3ccc(OC(=O)Nc4ccc(OC)cc4OC)cc3[C@H]3[C@H](CCCCO)[C@@H](CCCCO)C=C(C(=NOC(C)(C)C)C[C@@H]1N(C)C(=O)Cc1cccc(OC)c1)[C@H]32. The molecule has 6 rings (SSSR count). The summed E-state index contributed by atoms with van der Waals surface area (Å²) in [5.41, 5.74) is 2.96. The lowest BCUT2D eigenvalue weighted by Gasteiger charge is -2.59. The van der Waals surface area contributed by atoms with Gasteiger partial charge in [0.1, 0.15) is 40.4 Å². The van der Waals surface area contributed by atoms with E-state index < -0.39 is 29.4 Å². The zero-order valence-corrected chi connectivity index (χ0v) is 38.3. The number of amides is 2. The minimum absolute atomic E-state index is 0.0174. The zero-order valence-electron chi connectivity index (χ0n) is 38.3. The van der Waals surface area contributed by atoms with Gasteiger partial charge in [0.15, 0.2) is 0 Å². The second kappa shape index (κ2) is 21.4. The lowest BCUT2D eigenvalue weighted by Crippen LogP contribution is -2.69. The van der Waals surface area contributed by atoms with E-state index in [1.807, 2.05) is 51.1 Å².